The number of rotatable bonds is 5. The Morgan fingerprint density at radius 2 is 2.35 bits per heavy atom. The Balaban J connectivity index is 2.58. The minimum Gasteiger partial charge on any atom is -0.397 e. The second kappa shape index (κ2) is 6.56. The Hall–Kier alpha value is -1.14. The van der Waals surface area contributed by atoms with E-state index in [0.29, 0.717) is 23.7 Å². The van der Waals surface area contributed by atoms with E-state index in [0.717, 1.165) is 0 Å². The van der Waals surface area contributed by atoms with Crippen LogP contribution in [0.4, 0.5) is 5.69 Å². The normalized spacial score (nSPS) is 12.1. The largest absolute Gasteiger partial charge is 0.397 e. The summed E-state index contributed by atoms with van der Waals surface area (Å²) in [7, 11) is -0.898. The van der Waals surface area contributed by atoms with Gasteiger partial charge in [0, 0.05) is 28.9 Å². The van der Waals surface area contributed by atoms with Crippen LogP contribution in [0.5, 0.6) is 0 Å². The molecule has 0 bridgehead atoms. The molecule has 1 atom stereocenters. The number of carbonyl (C=O) groups is 1. The average molecular weight is 276 g/mol. The van der Waals surface area contributed by atoms with E-state index in [4.69, 9.17) is 17.3 Å². The summed E-state index contributed by atoms with van der Waals surface area (Å²) in [6, 6.07) is 1.46. The van der Waals surface area contributed by atoms with Crippen LogP contribution in [0.1, 0.15) is 17.3 Å². The van der Waals surface area contributed by atoms with E-state index < -0.39 is 10.8 Å². The predicted molar refractivity (Wildman–Crippen MR) is 69.5 cm³/mol. The van der Waals surface area contributed by atoms with E-state index in [1.165, 1.54) is 12.3 Å². The minimum absolute atomic E-state index is 0.105. The predicted octanol–water partition coefficient (Wildman–Crippen LogP) is 0.816. The highest BCUT2D eigenvalue weighted by Gasteiger charge is 2.11. The first-order valence-corrected chi connectivity index (χ1v) is 6.95. The van der Waals surface area contributed by atoms with Crippen molar-refractivity contribution >= 4 is 34.0 Å². The number of pyridine rings is 1. The molecule has 1 aromatic heterocycles. The van der Waals surface area contributed by atoms with Crippen LogP contribution in [-0.2, 0) is 10.8 Å². The summed E-state index contributed by atoms with van der Waals surface area (Å²) in [5.41, 5.74) is 6.12. The molecule has 0 radical (unpaired) electrons. The van der Waals surface area contributed by atoms with Crippen molar-refractivity contribution in [2.45, 2.75) is 6.92 Å². The number of hydrogen-bond acceptors (Lipinski definition) is 4. The topological polar surface area (TPSA) is 85.1 Å². The highest BCUT2D eigenvalue weighted by molar-refractivity contribution is 7.84. The molecule has 3 N–H and O–H groups in total. The van der Waals surface area contributed by atoms with Crippen LogP contribution in [0.15, 0.2) is 12.3 Å². The summed E-state index contributed by atoms with van der Waals surface area (Å²) in [5, 5.41) is 2.73. The number of nitrogens with one attached hydrogen (secondary N) is 1. The summed E-state index contributed by atoms with van der Waals surface area (Å²) in [5.74, 6) is 0.648. The van der Waals surface area contributed by atoms with E-state index in [-0.39, 0.29) is 16.6 Å². The molecular weight excluding hydrogens is 262 g/mol. The van der Waals surface area contributed by atoms with Crippen LogP contribution in [0, 0.1) is 0 Å². The van der Waals surface area contributed by atoms with Crippen molar-refractivity contribution in [2.24, 2.45) is 0 Å². The molecule has 0 aliphatic rings. The number of nitrogens with zero attached hydrogens (tertiary/aromatic N) is 1. The molecule has 0 fully saturated rings. The highest BCUT2D eigenvalue weighted by Crippen LogP contribution is 2.15. The molecule has 0 aliphatic heterocycles. The number of hydrogen-bond donors (Lipinski definition) is 2. The highest BCUT2D eigenvalue weighted by atomic mass is 35.5. The number of nitrogen functional groups attached to an aromatic ring is 1. The molecule has 1 rings (SSSR count). The van der Waals surface area contributed by atoms with Crippen molar-refractivity contribution in [2.75, 3.05) is 23.8 Å². The van der Waals surface area contributed by atoms with Gasteiger partial charge < -0.3 is 11.1 Å². The van der Waals surface area contributed by atoms with Crippen molar-refractivity contribution in [1.82, 2.24) is 10.3 Å². The fraction of sp³-hybridized carbons (Fsp3) is 0.400. The second-order valence-corrected chi connectivity index (χ2v) is 5.52. The first-order valence-electron chi connectivity index (χ1n) is 5.08. The summed E-state index contributed by atoms with van der Waals surface area (Å²) < 4.78 is 11.2. The van der Waals surface area contributed by atoms with Crippen molar-refractivity contribution < 1.29 is 9.00 Å². The van der Waals surface area contributed by atoms with Gasteiger partial charge in [-0.05, 0) is 6.07 Å². The standard InChI is InChI=1S/C10H14ClN3O2S/c1-2-17(16)4-3-13-10(15)8-5-7(12)6-14-9(8)11/h5-6H,2-4,12H2,1H3,(H,13,15). The Morgan fingerprint density at radius 3 is 3.00 bits per heavy atom. The SMILES string of the molecule is CCS(=O)CCNC(=O)c1cc(N)cnc1Cl. The molecule has 5 nitrogen and oxygen atoms in total. The van der Waals surface area contributed by atoms with Gasteiger partial charge in [-0.3, -0.25) is 9.00 Å². The molecular formula is C10H14ClN3O2S. The third kappa shape index (κ3) is 4.32. The first kappa shape index (κ1) is 13.9. The number of amides is 1. The fourth-order valence-electron chi connectivity index (χ4n) is 1.14. The second-order valence-electron chi connectivity index (χ2n) is 3.30. The number of carbonyl (C=O) groups excluding carboxylic acids is 1. The first-order chi connectivity index (χ1) is 8.04. The van der Waals surface area contributed by atoms with Crippen molar-refractivity contribution in [3.05, 3.63) is 23.0 Å². The van der Waals surface area contributed by atoms with Crippen molar-refractivity contribution in [3.8, 4) is 0 Å². The smallest absolute Gasteiger partial charge is 0.254 e. The lowest BCUT2D eigenvalue weighted by Gasteiger charge is -2.06. The van der Waals surface area contributed by atoms with Gasteiger partial charge in [-0.25, -0.2) is 4.98 Å². The van der Waals surface area contributed by atoms with Gasteiger partial charge in [0.2, 0.25) is 0 Å². The summed E-state index contributed by atoms with van der Waals surface area (Å²) in [6.45, 7) is 2.17. The molecule has 0 aliphatic carbocycles. The van der Waals surface area contributed by atoms with Gasteiger partial charge in [0.1, 0.15) is 5.15 Å². The molecule has 7 heteroatoms. The van der Waals surface area contributed by atoms with Crippen LogP contribution in [0.2, 0.25) is 5.15 Å². The molecule has 1 aromatic rings. The molecule has 1 unspecified atom stereocenters. The molecule has 1 amide bonds. The van der Waals surface area contributed by atoms with Crippen molar-refractivity contribution in [3.63, 3.8) is 0 Å². The molecule has 0 saturated heterocycles. The van der Waals surface area contributed by atoms with E-state index >= 15 is 0 Å². The van der Waals surface area contributed by atoms with E-state index in [1.807, 2.05) is 6.92 Å². The average Bonchev–Trinajstić information content (AvgIpc) is 2.31. The maximum atomic E-state index is 11.7. The minimum atomic E-state index is -0.898. The monoisotopic (exact) mass is 275 g/mol. The Labute approximate surface area is 107 Å². The zero-order valence-electron chi connectivity index (χ0n) is 9.40. The number of halogens is 1. The lowest BCUT2D eigenvalue weighted by molar-refractivity contribution is 0.0956. The zero-order valence-corrected chi connectivity index (χ0v) is 11.0. The molecule has 0 aromatic carbocycles. The van der Waals surface area contributed by atoms with Crippen molar-refractivity contribution in [1.29, 1.82) is 0 Å². The summed E-state index contributed by atoms with van der Waals surface area (Å²) >= 11 is 5.77. The molecule has 0 spiro atoms. The third-order valence-electron chi connectivity index (χ3n) is 2.04. The van der Waals surface area contributed by atoms with Gasteiger partial charge in [0.05, 0.1) is 17.4 Å². The van der Waals surface area contributed by atoms with Crippen LogP contribution in [0.3, 0.4) is 0 Å². The van der Waals surface area contributed by atoms with Crippen LogP contribution >= 0.6 is 11.6 Å². The van der Waals surface area contributed by atoms with E-state index in [9.17, 15) is 9.00 Å². The Kier molecular flexibility index (Phi) is 5.37. The van der Waals surface area contributed by atoms with Gasteiger partial charge in [-0.2, -0.15) is 0 Å². The molecule has 0 saturated carbocycles. The molecule has 94 valence electrons. The quantitative estimate of drug-likeness (QED) is 0.779. The van der Waals surface area contributed by atoms with Gasteiger partial charge >= 0.3 is 0 Å². The van der Waals surface area contributed by atoms with Gasteiger partial charge in [0.25, 0.3) is 5.91 Å². The summed E-state index contributed by atoms with van der Waals surface area (Å²) in [4.78, 5) is 15.5. The van der Waals surface area contributed by atoms with Crippen LogP contribution in [0.25, 0.3) is 0 Å². The maximum Gasteiger partial charge on any atom is 0.254 e. The zero-order chi connectivity index (χ0) is 12.8. The molecule has 1 heterocycles. The summed E-state index contributed by atoms with van der Waals surface area (Å²) in [6.07, 6.45) is 1.38. The van der Waals surface area contributed by atoms with E-state index in [2.05, 4.69) is 10.3 Å². The lowest BCUT2D eigenvalue weighted by atomic mass is 10.2. The fourth-order valence-corrected chi connectivity index (χ4v) is 1.95. The lowest BCUT2D eigenvalue weighted by Crippen LogP contribution is -2.28. The van der Waals surface area contributed by atoms with E-state index in [1.54, 1.807) is 0 Å². The van der Waals surface area contributed by atoms with Gasteiger partial charge in [-0.1, -0.05) is 18.5 Å². The maximum absolute atomic E-state index is 11.7. The Morgan fingerprint density at radius 1 is 1.65 bits per heavy atom. The Bertz CT molecular complexity index is 440. The van der Waals surface area contributed by atoms with Gasteiger partial charge in [-0.15, -0.1) is 0 Å². The third-order valence-corrected chi connectivity index (χ3v) is 3.65. The van der Waals surface area contributed by atoms with Crippen LogP contribution in [-0.4, -0.2) is 33.2 Å². The van der Waals surface area contributed by atoms with Crippen LogP contribution < -0.4 is 11.1 Å². The molecule has 17 heavy (non-hydrogen) atoms. The van der Waals surface area contributed by atoms with Gasteiger partial charge in [0.15, 0.2) is 0 Å². The number of nitrogens with two attached hydrogens (primary N) is 1. The number of anilines is 1. The number of aromatic nitrogens is 1.